The van der Waals surface area contributed by atoms with Crippen LogP contribution in [0.2, 0.25) is 0 Å². The van der Waals surface area contributed by atoms with Gasteiger partial charge in [-0.2, -0.15) is 5.26 Å². The molecule has 0 aliphatic heterocycles. The number of para-hydroxylation sites is 1. The minimum atomic E-state index is -2.08. The Morgan fingerprint density at radius 3 is 2.50 bits per heavy atom. The fourth-order valence-electron chi connectivity index (χ4n) is 8.61. The zero-order valence-corrected chi connectivity index (χ0v) is 24.7. The van der Waals surface area contributed by atoms with Crippen LogP contribution in [0.15, 0.2) is 78.4 Å². The van der Waals surface area contributed by atoms with Crippen LogP contribution in [-0.4, -0.2) is 52.2 Å². The van der Waals surface area contributed by atoms with Crippen LogP contribution in [0.1, 0.15) is 56.3 Å². The van der Waals surface area contributed by atoms with Gasteiger partial charge in [0.15, 0.2) is 23.3 Å². The van der Waals surface area contributed by atoms with Gasteiger partial charge >= 0.3 is 5.97 Å². The molecule has 0 aromatic heterocycles. The molecule has 8 atom stereocenters. The molecule has 0 saturated heterocycles. The number of carbonyl (C=O) groups excluding carboxylic acids is 2. The molecule has 8 unspecified atom stereocenters. The predicted molar refractivity (Wildman–Crippen MR) is 157 cm³/mol. The summed E-state index contributed by atoms with van der Waals surface area (Å²) in [6.07, 6.45) is 2.55. The lowest BCUT2D eigenvalue weighted by molar-refractivity contribution is -0.276. The highest BCUT2D eigenvalue weighted by molar-refractivity contribution is 6.01. The number of alkyl halides is 1. The zero-order chi connectivity index (χ0) is 31.3. The van der Waals surface area contributed by atoms with Crippen LogP contribution in [0.4, 0.5) is 4.39 Å². The smallest absolute Gasteiger partial charge is 0.338 e. The highest BCUT2D eigenvalue weighted by Gasteiger charge is 2.75. The number of ketones is 1. The Morgan fingerprint density at radius 1 is 1.09 bits per heavy atom. The predicted octanol–water partition coefficient (Wildman–Crippen LogP) is 5.60. The second-order valence-corrected chi connectivity index (χ2v) is 12.8. The van der Waals surface area contributed by atoms with Crippen molar-refractivity contribution < 1.29 is 38.4 Å². The normalized spacial score (nSPS) is 36.2. The third kappa shape index (κ3) is 4.42. The number of esters is 1. The summed E-state index contributed by atoms with van der Waals surface area (Å²) in [5.41, 5.74) is -5.14. The molecule has 0 radical (unpaired) electrons. The van der Waals surface area contributed by atoms with Gasteiger partial charge in [0.05, 0.1) is 17.7 Å². The number of fused-ring (bicyclic) bond motifs is 5. The van der Waals surface area contributed by atoms with Crippen molar-refractivity contribution in [3.63, 3.8) is 0 Å². The van der Waals surface area contributed by atoms with E-state index in [2.05, 4.69) is 0 Å². The lowest BCUT2D eigenvalue weighted by Crippen LogP contribution is -2.70. The standard InChI is InChI=1S/C35H36FNO7/c1-32-16-14-24(38)20-23(32)10-13-28-27-15-17-34(31(41)42-19-18-37,33(27,2)21-29(39)35(28,32)36)44-30(40)22-8-11-26(12-9-22)43-25-6-4-3-5-7-25/h3-9,11-12,14,16,20,27-29,31,39,41H,10,13,15,17,19,21H2,1-2H3. The van der Waals surface area contributed by atoms with Crippen LogP contribution in [0.3, 0.4) is 0 Å². The molecule has 4 aliphatic rings. The monoisotopic (exact) mass is 601 g/mol. The number of allylic oxidation sites excluding steroid dienone is 4. The minimum Gasteiger partial charge on any atom is -0.457 e. The molecule has 8 nitrogen and oxygen atoms in total. The lowest BCUT2D eigenvalue weighted by Gasteiger charge is -2.63. The Kier molecular flexibility index (Phi) is 7.52. The van der Waals surface area contributed by atoms with Crippen molar-refractivity contribution in [2.24, 2.45) is 22.7 Å². The van der Waals surface area contributed by atoms with Crippen molar-refractivity contribution in [2.45, 2.75) is 69.6 Å². The summed E-state index contributed by atoms with van der Waals surface area (Å²) in [6.45, 7) is 3.10. The molecule has 0 spiro atoms. The molecular weight excluding hydrogens is 565 g/mol. The van der Waals surface area contributed by atoms with Crippen molar-refractivity contribution in [3.05, 3.63) is 84.0 Å². The third-order valence-electron chi connectivity index (χ3n) is 10.9. The highest BCUT2D eigenvalue weighted by Crippen LogP contribution is 2.70. The number of aliphatic hydroxyl groups excluding tert-OH is 2. The van der Waals surface area contributed by atoms with Crippen molar-refractivity contribution in [2.75, 3.05) is 6.61 Å². The van der Waals surface area contributed by atoms with Gasteiger partial charge < -0.3 is 24.4 Å². The van der Waals surface area contributed by atoms with Gasteiger partial charge in [-0.3, -0.25) is 4.79 Å². The fourth-order valence-corrected chi connectivity index (χ4v) is 8.61. The van der Waals surface area contributed by atoms with Crippen molar-refractivity contribution in [3.8, 4) is 17.6 Å². The summed E-state index contributed by atoms with van der Waals surface area (Å²) in [4.78, 5) is 25.8. The Hall–Kier alpha value is -3.84. The lowest BCUT2D eigenvalue weighted by atomic mass is 9.44. The zero-order valence-electron chi connectivity index (χ0n) is 24.7. The fraction of sp³-hybridized carbons (Fsp3) is 0.457. The van der Waals surface area contributed by atoms with Gasteiger partial charge in [0.1, 0.15) is 18.1 Å². The van der Waals surface area contributed by atoms with Crippen LogP contribution in [0.5, 0.6) is 11.5 Å². The van der Waals surface area contributed by atoms with Crippen molar-refractivity contribution in [1.29, 1.82) is 5.26 Å². The number of nitrogens with zero attached hydrogens (tertiary/aromatic N) is 1. The summed E-state index contributed by atoms with van der Waals surface area (Å²) < 4.78 is 35.1. The number of benzene rings is 2. The molecule has 44 heavy (non-hydrogen) atoms. The Labute approximate surface area is 255 Å². The Morgan fingerprint density at radius 2 is 1.80 bits per heavy atom. The van der Waals surface area contributed by atoms with Crippen LogP contribution >= 0.6 is 0 Å². The number of ether oxygens (including phenoxy) is 3. The molecule has 3 saturated carbocycles. The van der Waals surface area contributed by atoms with Crippen LogP contribution in [0, 0.1) is 34.0 Å². The first-order chi connectivity index (χ1) is 21.0. The van der Waals surface area contributed by atoms with Gasteiger partial charge in [-0.1, -0.05) is 36.8 Å². The van der Waals surface area contributed by atoms with E-state index in [-0.39, 0.29) is 24.2 Å². The number of rotatable bonds is 7. The second kappa shape index (κ2) is 11.0. The molecule has 0 heterocycles. The molecule has 2 aromatic rings. The average Bonchev–Trinajstić information content (AvgIpc) is 3.29. The summed E-state index contributed by atoms with van der Waals surface area (Å²) >= 11 is 0. The number of nitriles is 1. The topological polar surface area (TPSA) is 126 Å². The van der Waals surface area contributed by atoms with Gasteiger partial charge in [-0.05, 0) is 93.5 Å². The van der Waals surface area contributed by atoms with Gasteiger partial charge in [-0.15, -0.1) is 0 Å². The average molecular weight is 602 g/mol. The first-order valence-electron chi connectivity index (χ1n) is 15.0. The van der Waals surface area contributed by atoms with E-state index >= 15 is 4.39 Å². The maximum atomic E-state index is 17.5. The number of aliphatic hydroxyl groups is 2. The molecule has 2 N–H and O–H groups in total. The van der Waals surface area contributed by atoms with Crippen molar-refractivity contribution >= 4 is 11.8 Å². The van der Waals surface area contributed by atoms with Crippen LogP contribution < -0.4 is 4.74 Å². The molecule has 3 fully saturated rings. The molecule has 0 amide bonds. The largest absolute Gasteiger partial charge is 0.457 e. The van der Waals surface area contributed by atoms with Gasteiger partial charge in [-0.25, -0.2) is 9.18 Å². The molecular formula is C35H36FNO7. The maximum absolute atomic E-state index is 17.5. The first kappa shape index (κ1) is 30.2. The quantitative estimate of drug-likeness (QED) is 0.310. The van der Waals surface area contributed by atoms with E-state index in [0.29, 0.717) is 36.3 Å². The van der Waals surface area contributed by atoms with E-state index in [1.807, 2.05) is 43.3 Å². The molecule has 9 heteroatoms. The van der Waals surface area contributed by atoms with E-state index in [1.54, 1.807) is 37.3 Å². The van der Waals surface area contributed by atoms with E-state index in [4.69, 9.17) is 14.2 Å². The number of hydrogen-bond acceptors (Lipinski definition) is 8. The van der Waals surface area contributed by atoms with Crippen molar-refractivity contribution in [1.82, 2.24) is 0 Å². The first-order valence-corrected chi connectivity index (χ1v) is 15.0. The molecule has 2 aromatic carbocycles. The molecule has 0 bridgehead atoms. The van der Waals surface area contributed by atoms with Crippen LogP contribution in [-0.2, 0) is 14.3 Å². The maximum Gasteiger partial charge on any atom is 0.338 e. The minimum absolute atomic E-state index is 0.126. The number of carbonyl (C=O) groups is 2. The Balaban J connectivity index is 1.32. The van der Waals surface area contributed by atoms with Gasteiger partial charge in [0, 0.05) is 16.7 Å². The van der Waals surface area contributed by atoms with Crippen LogP contribution in [0.25, 0.3) is 0 Å². The van der Waals surface area contributed by atoms with Gasteiger partial charge in [0.2, 0.25) is 0 Å². The number of halogens is 1. The van der Waals surface area contributed by atoms with E-state index < -0.39 is 58.9 Å². The SMILES string of the molecule is CC12C=CC(=O)C=C1CCC1C3CCC(OC(=O)c4ccc(Oc5ccccc5)cc4)(C(O)OCC#N)C3(C)CC(O)C12F. The Bertz CT molecular complexity index is 1550. The van der Waals surface area contributed by atoms with E-state index in [0.717, 1.165) is 0 Å². The van der Waals surface area contributed by atoms with E-state index in [9.17, 15) is 25.1 Å². The summed E-state index contributed by atoms with van der Waals surface area (Å²) in [7, 11) is 0. The second-order valence-electron chi connectivity index (χ2n) is 12.8. The third-order valence-corrected chi connectivity index (χ3v) is 10.9. The molecule has 6 rings (SSSR count). The van der Waals surface area contributed by atoms with Gasteiger partial charge in [0.25, 0.3) is 0 Å². The summed E-state index contributed by atoms with van der Waals surface area (Å²) in [5, 5.41) is 32.3. The highest BCUT2D eigenvalue weighted by atomic mass is 19.1. The number of hydrogen-bond donors (Lipinski definition) is 2. The molecule has 4 aliphatic carbocycles. The molecule has 230 valence electrons. The van der Waals surface area contributed by atoms with E-state index in [1.165, 1.54) is 12.2 Å². The summed E-state index contributed by atoms with van der Waals surface area (Å²) in [6, 6.07) is 17.4. The summed E-state index contributed by atoms with van der Waals surface area (Å²) in [5.74, 6) is -0.805.